The molecule has 2 fully saturated rings. The molecule has 0 bridgehead atoms. The fourth-order valence-corrected chi connectivity index (χ4v) is 3.22. The summed E-state index contributed by atoms with van der Waals surface area (Å²) in [5.41, 5.74) is 5.72. The lowest BCUT2D eigenvalue weighted by Crippen LogP contribution is -2.33. The van der Waals surface area contributed by atoms with Gasteiger partial charge in [-0.1, -0.05) is 30.9 Å². The third-order valence-corrected chi connectivity index (χ3v) is 4.35. The van der Waals surface area contributed by atoms with Crippen LogP contribution in [0.25, 0.3) is 0 Å². The Bertz CT molecular complexity index is 421. The van der Waals surface area contributed by atoms with Gasteiger partial charge < -0.3 is 10.6 Å². The number of nitrogens with two attached hydrogens (primary N) is 1. The molecule has 0 atom stereocenters. The fraction of sp³-hybridized carbons (Fsp3) is 0.714. The number of rotatable bonds is 4. The minimum Gasteiger partial charge on any atom is -0.368 e. The molecule has 0 saturated heterocycles. The first-order valence-electron chi connectivity index (χ1n) is 7.29. The highest BCUT2D eigenvalue weighted by atomic mass is 35.5. The van der Waals surface area contributed by atoms with E-state index in [-0.39, 0.29) is 5.95 Å². The summed E-state index contributed by atoms with van der Waals surface area (Å²) >= 11 is 6.00. The third-order valence-electron chi connectivity index (χ3n) is 4.16. The monoisotopic (exact) mass is 280 g/mol. The van der Waals surface area contributed by atoms with Crippen molar-refractivity contribution in [2.45, 2.75) is 51.0 Å². The molecule has 2 aliphatic rings. The maximum Gasteiger partial charge on any atom is 0.223 e. The van der Waals surface area contributed by atoms with Crippen molar-refractivity contribution in [1.29, 1.82) is 0 Å². The number of anilines is 2. The summed E-state index contributed by atoms with van der Waals surface area (Å²) in [7, 11) is 0. The second-order valence-electron chi connectivity index (χ2n) is 5.79. The van der Waals surface area contributed by atoms with Gasteiger partial charge in [0.2, 0.25) is 5.95 Å². The Morgan fingerprint density at radius 3 is 2.53 bits per heavy atom. The lowest BCUT2D eigenvalue weighted by molar-refractivity contribution is 0.356. The highest BCUT2D eigenvalue weighted by molar-refractivity contribution is 6.29. The van der Waals surface area contributed by atoms with Gasteiger partial charge in [0.05, 0.1) is 0 Å². The molecule has 1 heterocycles. The maximum atomic E-state index is 6.00. The summed E-state index contributed by atoms with van der Waals surface area (Å²) < 4.78 is 0. The zero-order valence-electron chi connectivity index (χ0n) is 11.2. The predicted octanol–water partition coefficient (Wildman–Crippen LogP) is 3.26. The van der Waals surface area contributed by atoms with Crippen LogP contribution in [0.5, 0.6) is 0 Å². The van der Waals surface area contributed by atoms with Gasteiger partial charge in [0.15, 0.2) is 0 Å². The Morgan fingerprint density at radius 1 is 1.16 bits per heavy atom. The molecule has 4 nitrogen and oxygen atoms in total. The van der Waals surface area contributed by atoms with Gasteiger partial charge in [-0.3, -0.25) is 0 Å². The van der Waals surface area contributed by atoms with Crippen LogP contribution < -0.4 is 10.6 Å². The SMILES string of the molecule is Nc1nc(Cl)cc(N(CC2CCCCC2)C2CC2)n1. The maximum absolute atomic E-state index is 6.00. The van der Waals surface area contributed by atoms with Crippen LogP contribution >= 0.6 is 11.6 Å². The van der Waals surface area contributed by atoms with E-state index < -0.39 is 0 Å². The van der Waals surface area contributed by atoms with Crippen LogP contribution in [-0.4, -0.2) is 22.6 Å². The lowest BCUT2D eigenvalue weighted by Gasteiger charge is -2.30. The topological polar surface area (TPSA) is 55.0 Å². The Morgan fingerprint density at radius 2 is 1.89 bits per heavy atom. The number of hydrogen-bond acceptors (Lipinski definition) is 4. The molecule has 0 aliphatic heterocycles. The van der Waals surface area contributed by atoms with Crippen LogP contribution in [-0.2, 0) is 0 Å². The smallest absolute Gasteiger partial charge is 0.223 e. The largest absolute Gasteiger partial charge is 0.368 e. The number of halogens is 1. The molecule has 2 aliphatic carbocycles. The first-order chi connectivity index (χ1) is 9.22. The van der Waals surface area contributed by atoms with Crippen LogP contribution in [0.4, 0.5) is 11.8 Å². The predicted molar refractivity (Wildman–Crippen MR) is 78.4 cm³/mol. The van der Waals surface area contributed by atoms with Gasteiger partial charge in [-0.15, -0.1) is 0 Å². The van der Waals surface area contributed by atoms with Gasteiger partial charge in [0, 0.05) is 18.7 Å². The second-order valence-corrected chi connectivity index (χ2v) is 6.18. The number of nitrogens with zero attached hydrogens (tertiary/aromatic N) is 3. The minimum absolute atomic E-state index is 0.275. The molecule has 1 aromatic rings. The highest BCUT2D eigenvalue weighted by Gasteiger charge is 2.32. The summed E-state index contributed by atoms with van der Waals surface area (Å²) in [5, 5.41) is 0.441. The third kappa shape index (κ3) is 3.30. The number of nitrogen functional groups attached to an aromatic ring is 1. The molecule has 3 rings (SSSR count). The second kappa shape index (κ2) is 5.53. The van der Waals surface area contributed by atoms with Gasteiger partial charge in [-0.25, -0.2) is 4.98 Å². The highest BCUT2D eigenvalue weighted by Crippen LogP contribution is 2.34. The van der Waals surface area contributed by atoms with Crippen molar-refractivity contribution in [3.05, 3.63) is 11.2 Å². The molecule has 0 spiro atoms. The van der Waals surface area contributed by atoms with Crippen molar-refractivity contribution in [3.8, 4) is 0 Å². The van der Waals surface area contributed by atoms with Crippen LogP contribution in [0.3, 0.4) is 0 Å². The van der Waals surface area contributed by atoms with Crippen LogP contribution in [0, 0.1) is 5.92 Å². The zero-order chi connectivity index (χ0) is 13.2. The van der Waals surface area contributed by atoms with Crippen LogP contribution in [0.1, 0.15) is 44.9 Å². The summed E-state index contributed by atoms with van der Waals surface area (Å²) in [4.78, 5) is 10.7. The van der Waals surface area contributed by atoms with E-state index in [1.807, 2.05) is 6.07 Å². The standard InChI is InChI=1S/C14H21ClN4/c15-12-8-13(18-14(16)17-12)19(11-6-7-11)9-10-4-2-1-3-5-10/h8,10-11H,1-7,9H2,(H2,16,17,18). The average molecular weight is 281 g/mol. The van der Waals surface area contributed by atoms with E-state index in [1.165, 1.54) is 44.9 Å². The van der Waals surface area contributed by atoms with E-state index in [1.54, 1.807) is 0 Å². The zero-order valence-corrected chi connectivity index (χ0v) is 11.9. The van der Waals surface area contributed by atoms with Crippen LogP contribution in [0.15, 0.2) is 6.07 Å². The molecule has 0 amide bonds. The molecule has 5 heteroatoms. The summed E-state index contributed by atoms with van der Waals surface area (Å²) in [5.74, 6) is 1.98. The number of aromatic nitrogens is 2. The summed E-state index contributed by atoms with van der Waals surface area (Å²) in [6, 6.07) is 2.48. The molecule has 0 radical (unpaired) electrons. The molecule has 104 valence electrons. The lowest BCUT2D eigenvalue weighted by atomic mass is 9.89. The van der Waals surface area contributed by atoms with E-state index in [2.05, 4.69) is 14.9 Å². The first-order valence-corrected chi connectivity index (χ1v) is 7.67. The normalized spacial score (nSPS) is 20.5. The van der Waals surface area contributed by atoms with E-state index in [9.17, 15) is 0 Å². The average Bonchev–Trinajstić information content (AvgIpc) is 3.20. The molecular weight excluding hydrogens is 260 g/mol. The van der Waals surface area contributed by atoms with E-state index in [0.717, 1.165) is 18.3 Å². The fourth-order valence-electron chi connectivity index (χ4n) is 3.03. The summed E-state index contributed by atoms with van der Waals surface area (Å²) in [6.45, 7) is 1.09. The van der Waals surface area contributed by atoms with Crippen molar-refractivity contribution in [2.24, 2.45) is 5.92 Å². The van der Waals surface area contributed by atoms with Gasteiger partial charge >= 0.3 is 0 Å². The molecule has 19 heavy (non-hydrogen) atoms. The molecule has 0 aromatic carbocycles. The Kier molecular flexibility index (Phi) is 3.78. The Balaban J connectivity index is 1.76. The molecule has 0 unspecified atom stereocenters. The quantitative estimate of drug-likeness (QED) is 0.860. The van der Waals surface area contributed by atoms with Crippen LogP contribution in [0.2, 0.25) is 5.15 Å². The minimum atomic E-state index is 0.275. The number of hydrogen-bond donors (Lipinski definition) is 1. The molecule has 2 N–H and O–H groups in total. The van der Waals surface area contributed by atoms with Crippen molar-refractivity contribution < 1.29 is 0 Å². The van der Waals surface area contributed by atoms with Gasteiger partial charge in [-0.05, 0) is 31.6 Å². The van der Waals surface area contributed by atoms with Gasteiger partial charge in [-0.2, -0.15) is 4.98 Å². The Hall–Kier alpha value is -1.03. The van der Waals surface area contributed by atoms with Crippen molar-refractivity contribution >= 4 is 23.4 Å². The molecule has 1 aromatic heterocycles. The van der Waals surface area contributed by atoms with Gasteiger partial charge in [0.1, 0.15) is 11.0 Å². The van der Waals surface area contributed by atoms with E-state index in [4.69, 9.17) is 17.3 Å². The van der Waals surface area contributed by atoms with E-state index >= 15 is 0 Å². The van der Waals surface area contributed by atoms with Crippen molar-refractivity contribution in [1.82, 2.24) is 9.97 Å². The summed E-state index contributed by atoms with van der Waals surface area (Å²) in [6.07, 6.45) is 9.34. The van der Waals surface area contributed by atoms with Crippen molar-refractivity contribution in [3.63, 3.8) is 0 Å². The molecular formula is C14H21ClN4. The Labute approximate surface area is 119 Å². The van der Waals surface area contributed by atoms with Gasteiger partial charge in [0.25, 0.3) is 0 Å². The van der Waals surface area contributed by atoms with E-state index in [0.29, 0.717) is 11.2 Å². The van der Waals surface area contributed by atoms with Crippen molar-refractivity contribution in [2.75, 3.05) is 17.2 Å². The molecule has 2 saturated carbocycles. The first kappa shape index (κ1) is 13.0.